The summed E-state index contributed by atoms with van der Waals surface area (Å²) < 4.78 is 136. The Bertz CT molecular complexity index is 1070. The molecule has 1 atom stereocenters. The maximum Gasteiger partial charge on any atom is 0.462 e. The van der Waals surface area contributed by atoms with Gasteiger partial charge in [-0.25, -0.2) is 4.39 Å². The molecule has 1 N–H and O–H groups in total. The van der Waals surface area contributed by atoms with Gasteiger partial charge in [-0.05, 0) is 24.1 Å². The Morgan fingerprint density at radius 1 is 1.08 bits per heavy atom. The highest BCUT2D eigenvalue weighted by Crippen LogP contribution is 2.48. The number of aryl methyl sites for hydroxylation is 2. The predicted molar refractivity (Wildman–Crippen MR) is 103 cm³/mol. The summed E-state index contributed by atoms with van der Waals surface area (Å²) >= 11 is 6.08. The van der Waals surface area contributed by atoms with E-state index in [1.807, 2.05) is 0 Å². The zero-order chi connectivity index (χ0) is 27.7. The largest absolute Gasteiger partial charge is 0.462 e. The second-order valence-electron chi connectivity index (χ2n) is 7.10. The van der Waals surface area contributed by atoms with Crippen LogP contribution in [0.25, 0.3) is 0 Å². The lowest BCUT2D eigenvalue weighted by Crippen LogP contribution is -2.56. The van der Waals surface area contributed by atoms with Gasteiger partial charge in [0.1, 0.15) is 11.4 Å². The molecule has 36 heavy (non-hydrogen) atoms. The molecule has 0 saturated carbocycles. The molecular formula is C19H16ClF10N3O3. The van der Waals surface area contributed by atoms with Gasteiger partial charge in [-0.3, -0.25) is 14.2 Å². The minimum Gasteiger partial charge on any atom is -0.429 e. The summed E-state index contributed by atoms with van der Waals surface area (Å²) in [5.41, 5.74) is 0.800. The lowest BCUT2D eigenvalue weighted by atomic mass is 10.2. The fourth-order valence-electron chi connectivity index (χ4n) is 2.61. The molecule has 2 aromatic rings. The Balaban J connectivity index is 2.03. The first-order valence-electron chi connectivity index (χ1n) is 9.63. The highest BCUT2D eigenvalue weighted by molar-refractivity contribution is 6.34. The maximum absolute atomic E-state index is 13.7. The van der Waals surface area contributed by atoms with Crippen LogP contribution in [0, 0.1) is 0 Å². The van der Waals surface area contributed by atoms with Crippen LogP contribution in [0.1, 0.15) is 28.7 Å². The fraction of sp³-hybridized carbons (Fsp3) is 0.474. The monoisotopic (exact) mass is 559 g/mol. The SMILES string of the molecule is CCc1nn(C)c(C(=O)NCc2ccc(OC(F)(F)C(F)OC(F)(F)C(F)(F)C(F)(F)F)cc2)c1Cl. The smallest absolute Gasteiger partial charge is 0.429 e. The number of carbonyl (C=O) groups excluding carboxylic acids is 1. The number of hydrogen-bond acceptors (Lipinski definition) is 4. The average molecular weight is 560 g/mol. The summed E-state index contributed by atoms with van der Waals surface area (Å²) in [5, 5.41) is 6.67. The van der Waals surface area contributed by atoms with Crippen molar-refractivity contribution >= 4 is 17.5 Å². The van der Waals surface area contributed by atoms with Gasteiger partial charge in [-0.15, -0.1) is 0 Å². The highest BCUT2D eigenvalue weighted by atomic mass is 35.5. The number of ether oxygens (including phenoxy) is 2. The van der Waals surface area contributed by atoms with Gasteiger partial charge in [0, 0.05) is 13.6 Å². The van der Waals surface area contributed by atoms with Crippen LogP contribution in [0.15, 0.2) is 24.3 Å². The van der Waals surface area contributed by atoms with Crippen molar-refractivity contribution in [3.63, 3.8) is 0 Å². The van der Waals surface area contributed by atoms with E-state index in [1.165, 1.54) is 11.7 Å². The van der Waals surface area contributed by atoms with E-state index in [-0.39, 0.29) is 22.8 Å². The number of nitrogens with zero attached hydrogens (tertiary/aromatic N) is 2. The second-order valence-corrected chi connectivity index (χ2v) is 7.48. The molecule has 0 aliphatic rings. The van der Waals surface area contributed by atoms with E-state index in [4.69, 9.17) is 11.6 Å². The van der Waals surface area contributed by atoms with Crippen molar-refractivity contribution in [1.82, 2.24) is 15.1 Å². The van der Waals surface area contributed by atoms with Gasteiger partial charge in [0.2, 0.25) is 0 Å². The first-order valence-corrected chi connectivity index (χ1v) is 10.0. The van der Waals surface area contributed by atoms with E-state index in [1.54, 1.807) is 6.92 Å². The number of nitrogens with one attached hydrogen (secondary N) is 1. The third-order valence-corrected chi connectivity index (χ3v) is 4.87. The molecule has 1 unspecified atom stereocenters. The minimum atomic E-state index is -6.97. The Hall–Kier alpha value is -2.75. The van der Waals surface area contributed by atoms with Gasteiger partial charge in [-0.2, -0.15) is 44.6 Å². The van der Waals surface area contributed by atoms with E-state index < -0.39 is 42.3 Å². The number of halogens is 11. The van der Waals surface area contributed by atoms with Crippen LogP contribution in [0.4, 0.5) is 43.9 Å². The summed E-state index contributed by atoms with van der Waals surface area (Å²) in [5.74, 6) is -8.49. The number of carbonyl (C=O) groups is 1. The van der Waals surface area contributed by atoms with Gasteiger partial charge >= 0.3 is 30.7 Å². The molecule has 2 rings (SSSR count). The topological polar surface area (TPSA) is 65.4 Å². The van der Waals surface area contributed by atoms with Crippen LogP contribution >= 0.6 is 11.6 Å². The number of alkyl halides is 10. The highest BCUT2D eigenvalue weighted by Gasteiger charge is 2.76. The number of amides is 1. The van der Waals surface area contributed by atoms with Crippen molar-refractivity contribution in [3.05, 3.63) is 46.2 Å². The predicted octanol–water partition coefficient (Wildman–Crippen LogP) is 5.64. The van der Waals surface area contributed by atoms with Crippen molar-refractivity contribution in [3.8, 4) is 5.75 Å². The van der Waals surface area contributed by atoms with E-state index in [2.05, 4.69) is 19.9 Å². The van der Waals surface area contributed by atoms with Crippen LogP contribution in [0.5, 0.6) is 5.75 Å². The molecule has 0 fully saturated rings. The average Bonchev–Trinajstić information content (AvgIpc) is 3.04. The van der Waals surface area contributed by atoms with Crippen molar-refractivity contribution < 1.29 is 58.2 Å². The van der Waals surface area contributed by atoms with Crippen LogP contribution in [0.3, 0.4) is 0 Å². The van der Waals surface area contributed by atoms with Crippen molar-refractivity contribution in [2.24, 2.45) is 7.05 Å². The Kier molecular flexibility index (Phi) is 8.45. The summed E-state index contributed by atoms with van der Waals surface area (Å²) in [7, 11) is 1.48. The summed E-state index contributed by atoms with van der Waals surface area (Å²) in [6.07, 6.45) is -23.2. The van der Waals surface area contributed by atoms with Crippen LogP contribution in [-0.4, -0.2) is 46.4 Å². The minimum absolute atomic E-state index is 0.0509. The van der Waals surface area contributed by atoms with Crippen LogP contribution in [-0.2, 0) is 24.8 Å². The number of benzene rings is 1. The fourth-order valence-corrected chi connectivity index (χ4v) is 2.99. The molecule has 1 aromatic carbocycles. The molecule has 6 nitrogen and oxygen atoms in total. The molecule has 17 heteroatoms. The third kappa shape index (κ3) is 6.14. The van der Waals surface area contributed by atoms with Crippen molar-refractivity contribution in [1.29, 1.82) is 0 Å². The molecule has 0 bridgehead atoms. The number of aromatic nitrogens is 2. The molecular weight excluding hydrogens is 544 g/mol. The first kappa shape index (κ1) is 29.5. The van der Waals surface area contributed by atoms with Crippen LogP contribution in [0.2, 0.25) is 5.02 Å². The van der Waals surface area contributed by atoms with Crippen LogP contribution < -0.4 is 10.1 Å². The third-order valence-electron chi connectivity index (χ3n) is 4.47. The first-order chi connectivity index (χ1) is 16.3. The molecule has 1 aromatic heterocycles. The van der Waals surface area contributed by atoms with Gasteiger partial charge in [-0.1, -0.05) is 30.7 Å². The summed E-state index contributed by atoms with van der Waals surface area (Å²) in [4.78, 5) is 12.3. The standard InChI is InChI=1S/C19H16ClF10N3O3/c1-3-11-12(20)13(33(2)32-11)14(34)31-8-9-4-6-10(7-5-9)35-16(22,23)15(21)36-19(29,30)17(24,25)18(26,27)28/h4-7,15H,3,8H2,1-2H3,(H,31,34). The Morgan fingerprint density at radius 3 is 2.11 bits per heavy atom. The van der Waals surface area contributed by atoms with E-state index in [0.717, 1.165) is 24.3 Å². The zero-order valence-corrected chi connectivity index (χ0v) is 18.8. The molecule has 0 radical (unpaired) electrons. The molecule has 0 aliphatic heterocycles. The van der Waals surface area contributed by atoms with E-state index in [0.29, 0.717) is 12.1 Å². The molecule has 202 valence electrons. The number of hydrogen-bond donors (Lipinski definition) is 1. The lowest BCUT2D eigenvalue weighted by molar-refractivity contribution is -0.460. The maximum atomic E-state index is 13.7. The number of rotatable bonds is 10. The molecule has 0 spiro atoms. The van der Waals surface area contributed by atoms with Gasteiger partial charge in [0.25, 0.3) is 5.91 Å². The second kappa shape index (κ2) is 10.3. The lowest BCUT2D eigenvalue weighted by Gasteiger charge is -2.30. The van der Waals surface area contributed by atoms with Crippen molar-refractivity contribution in [2.75, 3.05) is 0 Å². The van der Waals surface area contributed by atoms with E-state index in [9.17, 15) is 48.7 Å². The molecule has 1 heterocycles. The van der Waals surface area contributed by atoms with Crippen molar-refractivity contribution in [2.45, 2.75) is 50.6 Å². The molecule has 1 amide bonds. The van der Waals surface area contributed by atoms with Gasteiger partial charge in [0.15, 0.2) is 0 Å². The van der Waals surface area contributed by atoms with E-state index >= 15 is 0 Å². The Morgan fingerprint density at radius 2 is 1.64 bits per heavy atom. The normalized spacial score (nSPS) is 14.0. The Labute approximate surface area is 201 Å². The summed E-state index contributed by atoms with van der Waals surface area (Å²) in [6.45, 7) is 1.59. The summed E-state index contributed by atoms with van der Waals surface area (Å²) in [6, 6.07) is 3.68. The molecule has 0 aliphatic carbocycles. The quantitative estimate of drug-likeness (QED) is 0.383. The van der Waals surface area contributed by atoms with Gasteiger partial charge in [0.05, 0.1) is 10.7 Å². The zero-order valence-electron chi connectivity index (χ0n) is 18.1. The van der Waals surface area contributed by atoms with Gasteiger partial charge < -0.3 is 10.1 Å². The molecule has 0 saturated heterocycles.